The Kier molecular flexibility index (Phi) is 5.28. The maximum atomic E-state index is 2.49. The van der Waals surface area contributed by atoms with Crippen molar-refractivity contribution in [3.05, 3.63) is 83.9 Å². The second kappa shape index (κ2) is 7.80. The first kappa shape index (κ1) is 15.6. The standard InChI is InChI=1S/C21H24N2/c1-22-15-17-23(18-16-22)21(20-12-6-3-7-13-20)14-8-11-19-9-4-2-5-10-19/h2-14H,15-18H2,1H3/b11-8+,21-14+. The van der Waals surface area contributed by atoms with E-state index in [1.165, 1.54) is 16.8 Å². The Balaban J connectivity index is 1.83. The van der Waals surface area contributed by atoms with Crippen molar-refractivity contribution in [3.63, 3.8) is 0 Å². The molecule has 0 saturated carbocycles. The van der Waals surface area contributed by atoms with Crippen molar-refractivity contribution in [2.75, 3.05) is 33.2 Å². The summed E-state index contributed by atoms with van der Waals surface area (Å²) in [5, 5.41) is 0. The molecule has 0 bridgehead atoms. The fourth-order valence-corrected chi connectivity index (χ4v) is 2.85. The Hall–Kier alpha value is -2.32. The fourth-order valence-electron chi connectivity index (χ4n) is 2.85. The molecule has 0 unspecified atom stereocenters. The lowest BCUT2D eigenvalue weighted by Crippen LogP contribution is -2.43. The molecule has 2 aromatic rings. The molecule has 1 heterocycles. The molecular formula is C21H24N2. The topological polar surface area (TPSA) is 6.48 Å². The zero-order valence-corrected chi connectivity index (χ0v) is 13.7. The first-order valence-electron chi connectivity index (χ1n) is 8.25. The molecule has 0 aliphatic carbocycles. The summed E-state index contributed by atoms with van der Waals surface area (Å²) in [6, 6.07) is 21.1. The third kappa shape index (κ3) is 4.33. The van der Waals surface area contributed by atoms with Gasteiger partial charge in [0, 0.05) is 31.9 Å². The van der Waals surface area contributed by atoms with E-state index in [0.29, 0.717) is 0 Å². The zero-order chi connectivity index (χ0) is 15.9. The van der Waals surface area contributed by atoms with Crippen LogP contribution in [0.5, 0.6) is 0 Å². The van der Waals surface area contributed by atoms with Crippen LogP contribution in [0, 0.1) is 0 Å². The van der Waals surface area contributed by atoms with Crippen LogP contribution in [0.4, 0.5) is 0 Å². The summed E-state index contributed by atoms with van der Waals surface area (Å²) in [6.07, 6.45) is 6.57. The van der Waals surface area contributed by atoms with Crippen LogP contribution < -0.4 is 0 Å². The molecule has 1 aliphatic rings. The summed E-state index contributed by atoms with van der Waals surface area (Å²) in [5.74, 6) is 0. The van der Waals surface area contributed by atoms with Gasteiger partial charge in [0.1, 0.15) is 0 Å². The summed E-state index contributed by atoms with van der Waals surface area (Å²) in [6.45, 7) is 4.39. The summed E-state index contributed by atoms with van der Waals surface area (Å²) in [5.41, 5.74) is 3.83. The predicted octanol–water partition coefficient (Wildman–Crippen LogP) is 3.99. The zero-order valence-electron chi connectivity index (χ0n) is 13.7. The fraction of sp³-hybridized carbons (Fsp3) is 0.238. The minimum Gasteiger partial charge on any atom is -0.368 e. The maximum absolute atomic E-state index is 2.49. The Morgan fingerprint density at radius 1 is 0.826 bits per heavy atom. The minimum absolute atomic E-state index is 1.08. The Labute approximate surface area is 139 Å². The molecule has 2 nitrogen and oxygen atoms in total. The molecule has 3 rings (SSSR count). The first-order chi connectivity index (χ1) is 11.3. The van der Waals surface area contributed by atoms with E-state index in [-0.39, 0.29) is 0 Å². The van der Waals surface area contributed by atoms with E-state index < -0.39 is 0 Å². The minimum atomic E-state index is 1.08. The molecule has 0 amide bonds. The SMILES string of the molecule is CN1CCN(/C(=C/C=C/c2ccccc2)c2ccccc2)CC1. The van der Waals surface area contributed by atoms with Gasteiger partial charge >= 0.3 is 0 Å². The van der Waals surface area contributed by atoms with Crippen LogP contribution >= 0.6 is 0 Å². The molecule has 0 N–H and O–H groups in total. The van der Waals surface area contributed by atoms with E-state index in [1.54, 1.807) is 0 Å². The molecule has 1 saturated heterocycles. The third-order valence-corrected chi connectivity index (χ3v) is 4.26. The van der Waals surface area contributed by atoms with Gasteiger partial charge in [-0.2, -0.15) is 0 Å². The molecule has 1 fully saturated rings. The van der Waals surface area contributed by atoms with Crippen molar-refractivity contribution < 1.29 is 0 Å². The highest BCUT2D eigenvalue weighted by atomic mass is 15.2. The number of piperazine rings is 1. The number of benzene rings is 2. The summed E-state index contributed by atoms with van der Waals surface area (Å²) < 4.78 is 0. The lowest BCUT2D eigenvalue weighted by atomic mass is 10.1. The van der Waals surface area contributed by atoms with E-state index >= 15 is 0 Å². The normalized spacial score (nSPS) is 16.9. The van der Waals surface area contributed by atoms with E-state index in [4.69, 9.17) is 0 Å². The van der Waals surface area contributed by atoms with Gasteiger partial charge in [0.25, 0.3) is 0 Å². The summed E-state index contributed by atoms with van der Waals surface area (Å²) >= 11 is 0. The molecule has 2 heteroatoms. The second-order valence-electron chi connectivity index (χ2n) is 5.98. The number of hydrogen-bond acceptors (Lipinski definition) is 2. The lowest BCUT2D eigenvalue weighted by molar-refractivity contribution is 0.207. The number of likely N-dealkylation sites (N-methyl/N-ethyl adjacent to an activating group) is 1. The van der Waals surface area contributed by atoms with Gasteiger partial charge in [-0.3, -0.25) is 0 Å². The lowest BCUT2D eigenvalue weighted by Gasteiger charge is -2.35. The Bertz CT molecular complexity index is 651. The van der Waals surface area contributed by atoms with Gasteiger partial charge in [-0.05, 0) is 24.3 Å². The molecule has 2 aromatic carbocycles. The maximum Gasteiger partial charge on any atom is 0.0440 e. The van der Waals surface area contributed by atoms with Crippen molar-refractivity contribution in [3.8, 4) is 0 Å². The Morgan fingerprint density at radius 2 is 1.43 bits per heavy atom. The number of hydrogen-bond donors (Lipinski definition) is 0. The molecular weight excluding hydrogens is 280 g/mol. The van der Waals surface area contributed by atoms with Crippen LogP contribution in [-0.4, -0.2) is 43.0 Å². The van der Waals surface area contributed by atoms with Crippen LogP contribution in [-0.2, 0) is 0 Å². The van der Waals surface area contributed by atoms with Crippen LogP contribution in [0.25, 0.3) is 11.8 Å². The van der Waals surface area contributed by atoms with Crippen LogP contribution in [0.2, 0.25) is 0 Å². The number of allylic oxidation sites excluding steroid dienone is 2. The van der Waals surface area contributed by atoms with Crippen LogP contribution in [0.3, 0.4) is 0 Å². The number of nitrogens with zero attached hydrogens (tertiary/aromatic N) is 2. The molecule has 0 atom stereocenters. The molecule has 0 spiro atoms. The molecule has 0 aromatic heterocycles. The van der Waals surface area contributed by atoms with Crippen LogP contribution in [0.15, 0.2) is 72.8 Å². The summed E-state index contributed by atoms with van der Waals surface area (Å²) in [4.78, 5) is 4.88. The van der Waals surface area contributed by atoms with Gasteiger partial charge in [-0.1, -0.05) is 72.8 Å². The largest absolute Gasteiger partial charge is 0.368 e. The van der Waals surface area contributed by atoms with E-state index in [0.717, 1.165) is 26.2 Å². The van der Waals surface area contributed by atoms with Crippen LogP contribution in [0.1, 0.15) is 11.1 Å². The second-order valence-corrected chi connectivity index (χ2v) is 5.98. The Morgan fingerprint density at radius 3 is 2.09 bits per heavy atom. The average Bonchev–Trinajstić information content (AvgIpc) is 2.61. The van der Waals surface area contributed by atoms with Crippen molar-refractivity contribution in [2.45, 2.75) is 0 Å². The number of rotatable bonds is 4. The van der Waals surface area contributed by atoms with Gasteiger partial charge in [0.15, 0.2) is 0 Å². The van der Waals surface area contributed by atoms with E-state index in [9.17, 15) is 0 Å². The van der Waals surface area contributed by atoms with E-state index in [2.05, 4.69) is 89.7 Å². The summed E-state index contributed by atoms with van der Waals surface area (Å²) in [7, 11) is 2.19. The highest BCUT2D eigenvalue weighted by Gasteiger charge is 2.16. The van der Waals surface area contributed by atoms with Gasteiger partial charge < -0.3 is 9.80 Å². The van der Waals surface area contributed by atoms with E-state index in [1.807, 2.05) is 6.07 Å². The first-order valence-corrected chi connectivity index (χ1v) is 8.25. The third-order valence-electron chi connectivity index (χ3n) is 4.26. The quantitative estimate of drug-likeness (QED) is 0.788. The molecule has 0 radical (unpaired) electrons. The highest BCUT2D eigenvalue weighted by Crippen LogP contribution is 2.21. The van der Waals surface area contributed by atoms with Gasteiger partial charge in [0.2, 0.25) is 0 Å². The molecule has 23 heavy (non-hydrogen) atoms. The van der Waals surface area contributed by atoms with Gasteiger partial charge in [0.05, 0.1) is 0 Å². The molecule has 118 valence electrons. The highest BCUT2D eigenvalue weighted by molar-refractivity contribution is 5.67. The van der Waals surface area contributed by atoms with Gasteiger partial charge in [-0.15, -0.1) is 0 Å². The van der Waals surface area contributed by atoms with Gasteiger partial charge in [-0.25, -0.2) is 0 Å². The van der Waals surface area contributed by atoms with Crippen molar-refractivity contribution in [1.29, 1.82) is 0 Å². The average molecular weight is 304 g/mol. The smallest absolute Gasteiger partial charge is 0.0440 e. The predicted molar refractivity (Wildman–Crippen MR) is 99.0 cm³/mol. The van der Waals surface area contributed by atoms with Crippen molar-refractivity contribution >= 4 is 11.8 Å². The van der Waals surface area contributed by atoms with Crippen molar-refractivity contribution in [2.24, 2.45) is 0 Å². The van der Waals surface area contributed by atoms with Crippen molar-refractivity contribution in [1.82, 2.24) is 9.80 Å². The monoisotopic (exact) mass is 304 g/mol. The molecule has 1 aliphatic heterocycles.